The first-order chi connectivity index (χ1) is 9.72. The Morgan fingerprint density at radius 2 is 1.95 bits per heavy atom. The first kappa shape index (κ1) is 13.2. The Balaban J connectivity index is 1.88. The average Bonchev–Trinajstić information content (AvgIpc) is 3.04. The van der Waals surface area contributed by atoms with Gasteiger partial charge in [-0.1, -0.05) is 23.9 Å². The van der Waals surface area contributed by atoms with Gasteiger partial charge in [-0.2, -0.15) is 0 Å². The number of anilines is 1. The molecule has 1 aliphatic rings. The van der Waals surface area contributed by atoms with Crippen molar-refractivity contribution in [1.82, 2.24) is 9.55 Å². The topological polar surface area (TPSA) is 38.1 Å². The smallest absolute Gasteiger partial charge is 0.243 e. The van der Waals surface area contributed by atoms with Crippen LogP contribution in [-0.4, -0.2) is 34.3 Å². The number of thioether (sulfide) groups is 1. The monoisotopic (exact) mass is 287 g/mol. The summed E-state index contributed by atoms with van der Waals surface area (Å²) in [5.41, 5.74) is 3.14. The first-order valence-electron chi connectivity index (χ1n) is 6.83. The Bertz CT molecular complexity index is 629. The van der Waals surface area contributed by atoms with Gasteiger partial charge in [-0.15, -0.1) is 0 Å². The van der Waals surface area contributed by atoms with Gasteiger partial charge in [0.15, 0.2) is 5.16 Å². The second-order valence-electron chi connectivity index (χ2n) is 4.68. The van der Waals surface area contributed by atoms with Gasteiger partial charge in [0.25, 0.3) is 0 Å². The Kier molecular flexibility index (Phi) is 3.53. The molecule has 0 atom stereocenters. The number of carbonyl (C=O) groups is 1. The van der Waals surface area contributed by atoms with Gasteiger partial charge < -0.3 is 4.90 Å². The van der Waals surface area contributed by atoms with Gasteiger partial charge in [0.2, 0.25) is 5.91 Å². The maximum atomic E-state index is 11.6. The molecule has 0 N–H and O–H groups in total. The van der Waals surface area contributed by atoms with Crippen LogP contribution in [0.5, 0.6) is 0 Å². The normalized spacial score (nSPS) is 13.6. The highest BCUT2D eigenvalue weighted by Crippen LogP contribution is 2.29. The fraction of sp³-hybridized carbons (Fsp3) is 0.333. The molecule has 0 aliphatic carbocycles. The quantitative estimate of drug-likeness (QED) is 0.866. The molecule has 2 aromatic rings. The molecule has 1 aromatic carbocycles. The molecule has 1 aliphatic heterocycles. The van der Waals surface area contributed by atoms with E-state index >= 15 is 0 Å². The van der Waals surface area contributed by atoms with Crippen LogP contribution in [0.1, 0.15) is 18.6 Å². The molecular weight excluding hydrogens is 270 g/mol. The number of rotatable bonds is 4. The minimum atomic E-state index is 0.114. The molecule has 0 spiro atoms. The molecule has 5 heteroatoms. The standard InChI is InChI=1S/C15H17N3OS/c1-3-17(4-2)12-7-5-11(6-8-12)13-9-18-14(19)10-20-15(18)16-13/h5-9H,3-4,10H2,1-2H3. The van der Waals surface area contributed by atoms with Crippen LogP contribution in [-0.2, 0) is 0 Å². The molecule has 0 saturated carbocycles. The maximum Gasteiger partial charge on any atom is 0.243 e. The van der Waals surface area contributed by atoms with Crippen LogP contribution in [0.4, 0.5) is 5.69 Å². The summed E-state index contributed by atoms with van der Waals surface area (Å²) in [7, 11) is 0. The third-order valence-corrected chi connectivity index (χ3v) is 4.50. The molecule has 4 nitrogen and oxygen atoms in total. The molecule has 0 bridgehead atoms. The molecule has 0 fully saturated rings. The van der Waals surface area contributed by atoms with Gasteiger partial charge >= 0.3 is 0 Å². The van der Waals surface area contributed by atoms with Gasteiger partial charge in [-0.05, 0) is 26.0 Å². The molecule has 0 amide bonds. The van der Waals surface area contributed by atoms with Crippen molar-refractivity contribution < 1.29 is 4.79 Å². The lowest BCUT2D eigenvalue weighted by atomic mass is 10.1. The van der Waals surface area contributed by atoms with Crippen LogP contribution in [0.25, 0.3) is 11.3 Å². The number of fused-ring (bicyclic) bond motifs is 1. The number of benzene rings is 1. The van der Waals surface area contributed by atoms with E-state index in [-0.39, 0.29) is 5.91 Å². The van der Waals surface area contributed by atoms with Gasteiger partial charge in [0, 0.05) is 30.5 Å². The molecule has 0 unspecified atom stereocenters. The summed E-state index contributed by atoms with van der Waals surface area (Å²) in [6.07, 6.45) is 1.84. The van der Waals surface area contributed by atoms with E-state index in [2.05, 4.69) is 48.0 Å². The number of imidazole rings is 1. The predicted molar refractivity (Wildman–Crippen MR) is 82.6 cm³/mol. The molecule has 20 heavy (non-hydrogen) atoms. The predicted octanol–water partition coefficient (Wildman–Crippen LogP) is 3.14. The Morgan fingerprint density at radius 3 is 2.55 bits per heavy atom. The van der Waals surface area contributed by atoms with Gasteiger partial charge in [0.1, 0.15) is 0 Å². The van der Waals surface area contributed by atoms with Crippen LogP contribution >= 0.6 is 11.8 Å². The Morgan fingerprint density at radius 1 is 1.25 bits per heavy atom. The third kappa shape index (κ3) is 2.22. The highest BCUT2D eigenvalue weighted by Gasteiger charge is 2.22. The zero-order valence-electron chi connectivity index (χ0n) is 11.7. The summed E-state index contributed by atoms with van der Waals surface area (Å²) in [5.74, 6) is 0.618. The molecular formula is C15H17N3OS. The number of hydrogen-bond acceptors (Lipinski definition) is 4. The number of nitrogens with zero attached hydrogens (tertiary/aromatic N) is 3. The lowest BCUT2D eigenvalue weighted by Gasteiger charge is -2.20. The summed E-state index contributed by atoms with van der Waals surface area (Å²) < 4.78 is 1.65. The van der Waals surface area contributed by atoms with E-state index in [0.29, 0.717) is 5.75 Å². The number of hydrogen-bond donors (Lipinski definition) is 0. The van der Waals surface area contributed by atoms with E-state index in [4.69, 9.17) is 0 Å². The van der Waals surface area contributed by atoms with Crippen LogP contribution in [0, 0.1) is 0 Å². The zero-order valence-corrected chi connectivity index (χ0v) is 12.5. The summed E-state index contributed by atoms with van der Waals surface area (Å²) in [4.78, 5) is 18.4. The fourth-order valence-electron chi connectivity index (χ4n) is 2.41. The highest BCUT2D eigenvalue weighted by atomic mass is 32.2. The molecule has 2 heterocycles. The molecule has 0 saturated heterocycles. The minimum absolute atomic E-state index is 0.114. The number of aromatic nitrogens is 2. The van der Waals surface area contributed by atoms with Crippen molar-refractivity contribution in [3.63, 3.8) is 0 Å². The largest absolute Gasteiger partial charge is 0.372 e. The van der Waals surface area contributed by atoms with Crippen LogP contribution < -0.4 is 4.90 Å². The van der Waals surface area contributed by atoms with E-state index in [1.807, 2.05) is 6.20 Å². The van der Waals surface area contributed by atoms with Gasteiger partial charge in [-0.3, -0.25) is 9.36 Å². The molecule has 3 rings (SSSR count). The van der Waals surface area contributed by atoms with E-state index in [9.17, 15) is 4.79 Å². The molecule has 0 radical (unpaired) electrons. The first-order valence-corrected chi connectivity index (χ1v) is 7.82. The summed E-state index contributed by atoms with van der Waals surface area (Å²) in [5, 5.41) is 0.804. The van der Waals surface area contributed by atoms with E-state index < -0.39 is 0 Å². The molecule has 1 aromatic heterocycles. The minimum Gasteiger partial charge on any atom is -0.372 e. The lowest BCUT2D eigenvalue weighted by molar-refractivity contribution is 0.0939. The highest BCUT2D eigenvalue weighted by molar-refractivity contribution is 8.00. The maximum absolute atomic E-state index is 11.6. The number of carbonyl (C=O) groups excluding carboxylic acids is 1. The van der Waals surface area contributed by atoms with Crippen molar-refractivity contribution in [2.75, 3.05) is 23.7 Å². The second kappa shape index (κ2) is 5.32. The average molecular weight is 287 g/mol. The van der Waals surface area contributed by atoms with E-state index in [1.54, 1.807) is 4.57 Å². The summed E-state index contributed by atoms with van der Waals surface area (Å²) in [6, 6.07) is 8.37. The summed E-state index contributed by atoms with van der Waals surface area (Å²) >= 11 is 1.50. The molecule has 104 valence electrons. The van der Waals surface area contributed by atoms with Crippen molar-refractivity contribution >= 4 is 23.4 Å². The third-order valence-electron chi connectivity index (χ3n) is 3.56. The van der Waals surface area contributed by atoms with Crippen molar-refractivity contribution in [2.24, 2.45) is 0 Å². The second-order valence-corrected chi connectivity index (χ2v) is 5.62. The van der Waals surface area contributed by atoms with Crippen molar-refractivity contribution in [3.8, 4) is 11.3 Å². The van der Waals surface area contributed by atoms with Gasteiger partial charge in [0.05, 0.1) is 11.4 Å². The zero-order chi connectivity index (χ0) is 14.1. The van der Waals surface area contributed by atoms with E-state index in [0.717, 1.165) is 29.5 Å². The lowest BCUT2D eigenvalue weighted by Crippen LogP contribution is -2.21. The fourth-order valence-corrected chi connectivity index (χ4v) is 3.26. The van der Waals surface area contributed by atoms with Crippen molar-refractivity contribution in [3.05, 3.63) is 30.5 Å². The van der Waals surface area contributed by atoms with Crippen molar-refractivity contribution in [1.29, 1.82) is 0 Å². The Hall–Kier alpha value is -1.75. The summed E-state index contributed by atoms with van der Waals surface area (Å²) in [6.45, 7) is 6.31. The SMILES string of the molecule is CCN(CC)c1ccc(-c2cn3c(n2)SCC3=O)cc1. The van der Waals surface area contributed by atoms with Crippen LogP contribution in [0.3, 0.4) is 0 Å². The van der Waals surface area contributed by atoms with Gasteiger partial charge in [-0.25, -0.2) is 4.98 Å². The van der Waals surface area contributed by atoms with Crippen LogP contribution in [0.2, 0.25) is 0 Å². The van der Waals surface area contributed by atoms with Crippen LogP contribution in [0.15, 0.2) is 35.6 Å². The van der Waals surface area contributed by atoms with Crippen molar-refractivity contribution in [2.45, 2.75) is 19.0 Å². The Labute approximate surface area is 122 Å². The van der Waals surface area contributed by atoms with E-state index in [1.165, 1.54) is 17.4 Å².